The van der Waals surface area contributed by atoms with E-state index >= 15 is 0 Å². The Bertz CT molecular complexity index is 2030. The molecule has 0 bridgehead atoms. The summed E-state index contributed by atoms with van der Waals surface area (Å²) in [5.41, 5.74) is 0. The zero-order valence-electron chi connectivity index (χ0n) is 68.4. The summed E-state index contributed by atoms with van der Waals surface area (Å²) in [7, 11) is 6.75. The van der Waals surface area contributed by atoms with E-state index in [9.17, 15) is 9.59 Å². The average molecular weight is 2640 g/mol. The average Bonchev–Trinajstić information content (AvgIpc) is 0.828. The van der Waals surface area contributed by atoms with Crippen LogP contribution in [0.4, 0.5) is 0 Å². The van der Waals surface area contributed by atoms with E-state index in [4.69, 9.17) is 0 Å². The third-order valence-corrected chi connectivity index (χ3v) is 24.6. The summed E-state index contributed by atoms with van der Waals surface area (Å²) in [6, 6.07) is 65.4. The van der Waals surface area contributed by atoms with Crippen molar-refractivity contribution in [1.82, 2.24) is 9.80 Å². The van der Waals surface area contributed by atoms with E-state index in [1.54, 1.807) is 28.2 Å². The summed E-state index contributed by atoms with van der Waals surface area (Å²) in [5, 5.41) is 0. The first-order valence-corrected chi connectivity index (χ1v) is 37.4. The summed E-state index contributed by atoms with van der Waals surface area (Å²) < 4.78 is 11.7. The molecule has 0 spiro atoms. The number of benzene rings is 6. The maximum atomic E-state index is 9.43. The number of amides is 2. The second kappa shape index (κ2) is 165. The Hall–Kier alpha value is 1.24. The minimum absolute atomic E-state index is 0. The van der Waals surface area contributed by atoms with E-state index in [1.165, 1.54) is 200 Å². The van der Waals surface area contributed by atoms with Gasteiger partial charge in [-0.3, -0.25) is 9.59 Å². The first kappa shape index (κ1) is 241. The van der Waals surface area contributed by atoms with Crippen LogP contribution in [0.2, 0.25) is 0 Å². The second-order valence-electron chi connectivity index (χ2n) is 22.1. The molecule has 6 aromatic rings. The van der Waals surface area contributed by atoms with Crippen molar-refractivity contribution in [3.63, 3.8) is 0 Å². The summed E-state index contributed by atoms with van der Waals surface area (Å²) in [5.74, 6) is 0. The Morgan fingerprint density at radius 1 is 0.212 bits per heavy atom. The topological polar surface area (TPSA) is 782 Å². The number of hydrogen-bond donors (Lipinski definition) is 0. The van der Waals surface area contributed by atoms with Crippen LogP contribution >= 0.6 is 0 Å². The molecule has 2 amide bonds. The maximum absolute atomic E-state index is 9.43. The van der Waals surface area contributed by atoms with Crippen molar-refractivity contribution in [1.29, 1.82) is 0 Å². The van der Waals surface area contributed by atoms with Crippen molar-refractivity contribution >= 4 is 68.2 Å². The van der Waals surface area contributed by atoms with E-state index in [0.717, 1.165) is 12.8 Å². The van der Waals surface area contributed by atoms with Gasteiger partial charge in [0.05, 0.1) is 52.4 Å². The number of unbranched alkanes of at least 4 members (excludes halogenated alkanes) is 8. The Balaban J connectivity index is -0.0000000196. The molecule has 44 heteroatoms. The second-order valence-corrected chi connectivity index (χ2v) is 31.4. The van der Waals surface area contributed by atoms with Crippen molar-refractivity contribution in [2.75, 3.05) is 80.5 Å². The van der Waals surface area contributed by atoms with Crippen LogP contribution in [-0.4, -0.2) is 141 Å². The van der Waals surface area contributed by atoms with Gasteiger partial charge in [0, 0.05) is 197 Å². The number of rotatable bonds is 32. The van der Waals surface area contributed by atoms with Crippen LogP contribution in [0, 0.1) is 0 Å². The molecule has 6 rings (SSSR count). The van der Waals surface area contributed by atoms with Crippen LogP contribution in [-0.2, 0) is 365 Å². The third-order valence-electron chi connectivity index (χ3n) is 14.4. The van der Waals surface area contributed by atoms with Gasteiger partial charge >= 0.3 is 282 Å². The standard InChI is InChI=1S/2C18H15As.2C16H36N.2C3H7NO.2Ag.8Mo.26O/c2*1-4-10-16(11-5-1)19(17-12-6-2-7-13-17)18-14-8-3-9-15-18;2*1-5-9-13-17(14-10-6-2,15-11-7-3)16-12-8-4;2*1-4(2)3-5;;;;;;;;;;;;;;;;;;;;;;;;;;;;;;;;;;;;/h2*1-15H;2*5-16H2,1-4H3;2*3H,1-2H3;;;;;;;;;;;;;;;;;;;;;;;;;;;;;;;;;;;;/q;;2*+1;;;2*+1;;;;;;;;;26*-2. The van der Waals surface area contributed by atoms with Gasteiger partial charge in [-0.05, 0) is 51.4 Å². The molecule has 0 saturated carbocycles. The third kappa shape index (κ3) is 115. The van der Waals surface area contributed by atoms with Gasteiger partial charge in [-0.2, -0.15) is 0 Å². The van der Waals surface area contributed by atoms with E-state index in [0.29, 0.717) is 0 Å². The van der Waals surface area contributed by atoms with Crippen molar-refractivity contribution in [3.05, 3.63) is 182 Å². The molecule has 728 valence electrons. The molecule has 0 saturated heterocycles. The number of carbonyl (C=O) groups excluding carboxylic acids is 2. The summed E-state index contributed by atoms with van der Waals surface area (Å²) in [4.78, 5) is 21.8. The minimum atomic E-state index is -1.39. The molecule has 32 nitrogen and oxygen atoms in total. The fraction of sp³-hybridized carbons (Fsp3) is 0.486. The van der Waals surface area contributed by atoms with Crippen molar-refractivity contribution in [3.8, 4) is 0 Å². The van der Waals surface area contributed by atoms with E-state index in [-0.39, 0.29) is 356 Å². The summed E-state index contributed by atoms with van der Waals surface area (Å²) in [6.07, 6.45) is 23.6. The van der Waals surface area contributed by atoms with Gasteiger partial charge in [-0.15, -0.1) is 0 Å². The molecule has 0 fully saturated rings. The van der Waals surface area contributed by atoms with Crippen LogP contribution in [0.25, 0.3) is 0 Å². The molecule has 6 aromatic carbocycles. The van der Waals surface area contributed by atoms with Crippen LogP contribution in [0.3, 0.4) is 0 Å². The van der Waals surface area contributed by atoms with Crippen molar-refractivity contribution < 1.29 is 374 Å². The van der Waals surface area contributed by atoms with Crippen molar-refractivity contribution in [2.24, 2.45) is 0 Å². The Morgan fingerprint density at radius 2 is 0.297 bits per heavy atom. The molecule has 0 unspecified atom stereocenters. The van der Waals surface area contributed by atoms with E-state index in [2.05, 4.69) is 237 Å². The van der Waals surface area contributed by atoms with Gasteiger partial charge in [-0.1, -0.05) is 107 Å². The normalized spacial score (nSPS) is 7.44. The summed E-state index contributed by atoms with van der Waals surface area (Å²) >= 11 is -2.78. The Kier molecular flexibility index (Phi) is 336. The van der Waals surface area contributed by atoms with Gasteiger partial charge in [0.1, 0.15) is 0 Å². The van der Waals surface area contributed by atoms with Gasteiger partial charge in [0.15, 0.2) is 0 Å². The molecule has 0 aliphatic carbocycles. The number of carbonyl (C=O) groups is 2. The SMILES string of the molecule is CCCC[N+](CCCC)(CCCC)CCCC.CCCC[N+](CCCC)(CCCC)CCCC.CN(C)C=O.CN(C)C=O.[Ag+].[Ag+].[Mo].[Mo].[Mo].[Mo].[Mo].[Mo].[Mo].[Mo].[O-2].[O-2].[O-2].[O-2].[O-2].[O-2].[O-2].[O-2].[O-2].[O-2].[O-2].[O-2].[O-2].[O-2].[O-2].[O-2].[O-2].[O-2].[O-2].[O-2].[O-2].[O-2].[O-2].[O-2].[O-2].[O-2].c1ccc([As](c2ccccc2)c2ccccc2)cc1.c1ccc([As](c2ccccc2)c2ccccc2)cc1. The fourth-order valence-corrected chi connectivity index (χ4v) is 19.3. The van der Waals surface area contributed by atoms with Crippen LogP contribution in [0.5, 0.6) is 0 Å². The molecule has 0 radical (unpaired) electrons. The van der Waals surface area contributed by atoms with E-state index < -0.39 is 29.3 Å². The first-order chi connectivity index (χ1) is 39.9. The molecule has 0 N–H and O–H groups in total. The number of nitrogens with zero attached hydrogens (tertiary/aromatic N) is 4. The van der Waals surface area contributed by atoms with Crippen molar-refractivity contribution in [2.45, 2.75) is 158 Å². The molecule has 0 atom stereocenters. The molecule has 0 aliphatic rings. The molecule has 0 aromatic heterocycles. The predicted octanol–water partition coefficient (Wildman–Crippen LogP) is 10.7. The monoisotopic (exact) mass is 2660 g/mol. The number of quaternary nitrogens is 2. The van der Waals surface area contributed by atoms with Gasteiger partial charge in [-0.25, -0.2) is 0 Å². The molecule has 0 aliphatic heterocycles. The Labute approximate surface area is 862 Å². The molecule has 0 heterocycles. The van der Waals surface area contributed by atoms with Gasteiger partial charge in [0.25, 0.3) is 0 Å². The first-order valence-electron chi connectivity index (χ1n) is 31.8. The summed E-state index contributed by atoms with van der Waals surface area (Å²) in [6.45, 7) is 30.0. The molecule has 118 heavy (non-hydrogen) atoms. The number of hydrogen-bond acceptors (Lipinski definition) is 2. The quantitative estimate of drug-likeness (QED) is 0.0226. The van der Waals surface area contributed by atoms with Gasteiger partial charge < -0.3 is 161 Å². The Morgan fingerprint density at radius 3 is 0.364 bits per heavy atom. The van der Waals surface area contributed by atoms with Gasteiger partial charge in [0.2, 0.25) is 12.8 Å². The predicted molar refractivity (Wildman–Crippen MR) is 384 cm³/mol. The van der Waals surface area contributed by atoms with E-state index in [1.807, 2.05) is 0 Å². The fourth-order valence-electron chi connectivity index (χ4n) is 9.65. The zero-order chi connectivity index (χ0) is 60.4. The van der Waals surface area contributed by atoms with Crippen LogP contribution < -0.4 is 26.1 Å². The molecular formula is C74H116Ag2As2Mo8N4O28-48. The van der Waals surface area contributed by atoms with Crippen LogP contribution in [0.15, 0.2) is 182 Å². The zero-order valence-corrected chi connectivity index (χ0v) is 91.2. The van der Waals surface area contributed by atoms with Crippen LogP contribution in [0.1, 0.15) is 158 Å². The molecular weight excluding hydrogens is 2530 g/mol.